The summed E-state index contributed by atoms with van der Waals surface area (Å²) in [6, 6.07) is 4.22. The molecule has 5 heteroatoms. The summed E-state index contributed by atoms with van der Waals surface area (Å²) < 4.78 is 0. The van der Waals surface area contributed by atoms with E-state index in [2.05, 4.69) is 38.2 Å². The van der Waals surface area contributed by atoms with Crippen LogP contribution in [0, 0.1) is 5.41 Å². The van der Waals surface area contributed by atoms with Crippen LogP contribution in [-0.2, 0) is 5.41 Å². The molecule has 0 aromatic carbocycles. The van der Waals surface area contributed by atoms with Crippen LogP contribution in [0.15, 0.2) is 12.1 Å². The number of hydrogen-bond donors (Lipinski definition) is 2. The normalized spacial score (nSPS) is 23.9. The van der Waals surface area contributed by atoms with Crippen LogP contribution in [0.25, 0.3) is 0 Å². The Bertz CT molecular complexity index is 539. The Morgan fingerprint density at radius 1 is 1.37 bits per heavy atom. The summed E-state index contributed by atoms with van der Waals surface area (Å²) in [4.78, 5) is 16.2. The molecule has 1 saturated heterocycles. The minimum absolute atomic E-state index is 0.108. The van der Waals surface area contributed by atoms with Crippen LogP contribution in [0.1, 0.15) is 49.4 Å². The number of nitrogens with one attached hydrogen (secondary N) is 2. The van der Waals surface area contributed by atoms with Crippen LogP contribution in [0.4, 0.5) is 4.79 Å². The Balaban J connectivity index is 1.93. The van der Waals surface area contributed by atoms with Gasteiger partial charge in [-0.25, -0.2) is 4.79 Å². The van der Waals surface area contributed by atoms with Crippen molar-refractivity contribution in [2.45, 2.75) is 51.1 Å². The molecule has 102 valence electrons. The number of amides is 2. The minimum Gasteiger partial charge on any atom is -0.306 e. The summed E-state index contributed by atoms with van der Waals surface area (Å²) in [5.41, 5.74) is 0.117. The van der Waals surface area contributed by atoms with Gasteiger partial charge in [0, 0.05) is 15.8 Å². The maximum atomic E-state index is 11.9. The summed E-state index contributed by atoms with van der Waals surface area (Å²) >= 11 is 1.72. The lowest BCUT2D eigenvalue weighted by Gasteiger charge is -2.21. The molecule has 2 aliphatic rings. The standard InChI is InChI=1S/C14H19N3OS/c1-14(2,3)10-7-6-9(19-10)11-12(15)16-13(18)17(11)8-4-5-8/h6-8,11H,4-5H2,1-3H3,(H2,15,16,18). The number of amidine groups is 1. The van der Waals surface area contributed by atoms with Gasteiger partial charge in [0.05, 0.1) is 0 Å². The van der Waals surface area contributed by atoms with Crippen molar-refractivity contribution >= 4 is 23.2 Å². The van der Waals surface area contributed by atoms with Gasteiger partial charge in [0.15, 0.2) is 0 Å². The molecule has 0 spiro atoms. The van der Waals surface area contributed by atoms with Crippen molar-refractivity contribution in [1.82, 2.24) is 10.2 Å². The van der Waals surface area contributed by atoms with E-state index in [0.717, 1.165) is 17.7 Å². The summed E-state index contributed by atoms with van der Waals surface area (Å²) in [5.74, 6) is 0.319. The third-order valence-corrected chi connectivity index (χ3v) is 5.17. The molecule has 1 saturated carbocycles. The van der Waals surface area contributed by atoms with Crippen LogP contribution in [0.3, 0.4) is 0 Å². The Morgan fingerprint density at radius 2 is 2.05 bits per heavy atom. The van der Waals surface area contributed by atoms with Crippen LogP contribution >= 0.6 is 11.3 Å². The van der Waals surface area contributed by atoms with Gasteiger partial charge in [-0.2, -0.15) is 0 Å². The number of nitrogens with zero attached hydrogens (tertiary/aromatic N) is 1. The summed E-state index contributed by atoms with van der Waals surface area (Å²) in [5, 5.41) is 10.7. The zero-order valence-corrected chi connectivity index (χ0v) is 12.3. The van der Waals surface area contributed by atoms with Crippen molar-refractivity contribution in [2.75, 3.05) is 0 Å². The van der Waals surface area contributed by atoms with Gasteiger partial charge in [-0.1, -0.05) is 20.8 Å². The van der Waals surface area contributed by atoms with Gasteiger partial charge in [0.2, 0.25) is 0 Å². The van der Waals surface area contributed by atoms with Gasteiger partial charge in [-0.3, -0.25) is 10.7 Å². The number of hydrogen-bond acceptors (Lipinski definition) is 3. The summed E-state index contributed by atoms with van der Waals surface area (Å²) in [6.07, 6.45) is 2.13. The van der Waals surface area contributed by atoms with Crippen molar-refractivity contribution in [3.8, 4) is 0 Å². The highest BCUT2D eigenvalue weighted by molar-refractivity contribution is 7.12. The second-order valence-electron chi connectivity index (χ2n) is 6.34. The van der Waals surface area contributed by atoms with Gasteiger partial charge in [0.25, 0.3) is 0 Å². The lowest BCUT2D eigenvalue weighted by Crippen LogP contribution is -2.31. The van der Waals surface area contributed by atoms with Crippen LogP contribution in [0.2, 0.25) is 0 Å². The maximum absolute atomic E-state index is 11.9. The molecule has 0 radical (unpaired) electrons. The monoisotopic (exact) mass is 277 g/mol. The molecule has 2 N–H and O–H groups in total. The Labute approximate surface area is 117 Å². The highest BCUT2D eigenvalue weighted by atomic mass is 32.1. The fourth-order valence-corrected chi connectivity index (χ4v) is 3.59. The first kappa shape index (κ1) is 12.7. The first-order valence-electron chi connectivity index (χ1n) is 6.66. The number of thiophene rings is 1. The van der Waals surface area contributed by atoms with Gasteiger partial charge in [0.1, 0.15) is 11.9 Å². The lowest BCUT2D eigenvalue weighted by molar-refractivity contribution is 0.203. The second-order valence-corrected chi connectivity index (χ2v) is 7.45. The topological polar surface area (TPSA) is 56.2 Å². The average Bonchev–Trinajstić information content (AvgIpc) is 2.90. The van der Waals surface area contributed by atoms with Crippen molar-refractivity contribution in [3.63, 3.8) is 0 Å². The van der Waals surface area contributed by atoms with Crippen LogP contribution in [0.5, 0.6) is 0 Å². The molecule has 1 aliphatic carbocycles. The molecule has 4 nitrogen and oxygen atoms in total. The van der Waals surface area contributed by atoms with Crippen molar-refractivity contribution < 1.29 is 4.79 Å². The van der Waals surface area contributed by atoms with E-state index in [1.165, 1.54) is 4.88 Å². The number of carbonyl (C=O) groups is 1. The second kappa shape index (κ2) is 4.07. The van der Waals surface area contributed by atoms with Gasteiger partial charge in [-0.15, -0.1) is 11.3 Å². The molecular weight excluding hydrogens is 258 g/mol. The largest absolute Gasteiger partial charge is 0.323 e. The van der Waals surface area contributed by atoms with E-state index in [1.807, 2.05) is 4.90 Å². The Morgan fingerprint density at radius 3 is 2.58 bits per heavy atom. The third-order valence-electron chi connectivity index (χ3n) is 3.60. The van der Waals surface area contributed by atoms with Gasteiger partial charge >= 0.3 is 6.03 Å². The molecule has 1 aromatic rings. The van der Waals surface area contributed by atoms with E-state index in [1.54, 1.807) is 11.3 Å². The zero-order chi connectivity index (χ0) is 13.8. The Kier molecular flexibility index (Phi) is 2.71. The fraction of sp³-hybridized carbons (Fsp3) is 0.571. The van der Waals surface area contributed by atoms with E-state index < -0.39 is 0 Å². The summed E-state index contributed by atoms with van der Waals surface area (Å²) in [7, 11) is 0. The zero-order valence-electron chi connectivity index (χ0n) is 11.5. The molecule has 3 rings (SSSR count). The first-order valence-corrected chi connectivity index (χ1v) is 7.47. The van der Waals surface area contributed by atoms with Crippen molar-refractivity contribution in [1.29, 1.82) is 5.41 Å². The SMILES string of the molecule is CC(C)(C)c1ccc(C2C(=N)NC(=O)N2C2CC2)s1. The van der Waals surface area contributed by atoms with E-state index in [0.29, 0.717) is 11.9 Å². The smallest absolute Gasteiger partial charge is 0.306 e. The van der Waals surface area contributed by atoms with E-state index >= 15 is 0 Å². The molecule has 0 bridgehead atoms. The summed E-state index contributed by atoms with van der Waals surface area (Å²) in [6.45, 7) is 6.56. The van der Waals surface area contributed by atoms with E-state index in [4.69, 9.17) is 5.41 Å². The molecule has 1 aliphatic heterocycles. The van der Waals surface area contributed by atoms with E-state index in [-0.39, 0.29) is 17.5 Å². The molecular formula is C14H19N3OS. The fourth-order valence-electron chi connectivity index (χ4n) is 2.42. The number of carbonyl (C=O) groups excluding carboxylic acids is 1. The van der Waals surface area contributed by atoms with E-state index in [9.17, 15) is 4.79 Å². The van der Waals surface area contributed by atoms with Crippen LogP contribution in [-0.4, -0.2) is 22.8 Å². The third kappa shape index (κ3) is 2.16. The highest BCUT2D eigenvalue weighted by Crippen LogP contribution is 2.41. The minimum atomic E-state index is -0.193. The van der Waals surface area contributed by atoms with Crippen LogP contribution < -0.4 is 5.32 Å². The van der Waals surface area contributed by atoms with Crippen molar-refractivity contribution in [2.24, 2.45) is 0 Å². The van der Waals surface area contributed by atoms with Gasteiger partial charge < -0.3 is 4.90 Å². The molecule has 2 heterocycles. The number of rotatable bonds is 2. The molecule has 2 fully saturated rings. The molecule has 2 amide bonds. The van der Waals surface area contributed by atoms with Crippen molar-refractivity contribution in [3.05, 3.63) is 21.9 Å². The predicted octanol–water partition coefficient (Wildman–Crippen LogP) is 3.25. The number of urea groups is 1. The molecule has 1 aromatic heterocycles. The predicted molar refractivity (Wildman–Crippen MR) is 76.9 cm³/mol. The average molecular weight is 277 g/mol. The Hall–Kier alpha value is -1.36. The first-order chi connectivity index (χ1) is 8.88. The molecule has 1 atom stereocenters. The highest BCUT2D eigenvalue weighted by Gasteiger charge is 2.45. The molecule has 19 heavy (non-hydrogen) atoms. The quantitative estimate of drug-likeness (QED) is 0.856. The maximum Gasteiger partial charge on any atom is 0.323 e. The lowest BCUT2D eigenvalue weighted by atomic mass is 9.95. The van der Waals surface area contributed by atoms with Gasteiger partial charge in [-0.05, 0) is 30.4 Å². The molecule has 1 unspecified atom stereocenters.